The second-order valence-electron chi connectivity index (χ2n) is 5.24. The van der Waals surface area contributed by atoms with E-state index in [2.05, 4.69) is 12.6 Å². The second-order valence-corrected chi connectivity index (χ2v) is 5.75. The maximum Gasteiger partial charge on any atom is 0.253 e. The van der Waals surface area contributed by atoms with Gasteiger partial charge in [0.05, 0.1) is 0 Å². The maximum absolute atomic E-state index is 12.2. The molecule has 1 aliphatic carbocycles. The molecule has 1 saturated carbocycles. The van der Waals surface area contributed by atoms with Crippen molar-refractivity contribution in [2.24, 2.45) is 5.92 Å². The number of rotatable bonds is 3. The van der Waals surface area contributed by atoms with E-state index in [0.717, 1.165) is 17.0 Å². The number of benzene rings is 1. The first-order chi connectivity index (χ1) is 8.66. The Kier molecular flexibility index (Phi) is 4.70. The number of hydrogen-bond donors (Lipinski definition) is 1. The lowest BCUT2D eigenvalue weighted by Crippen LogP contribution is -2.32. The molecule has 3 heteroatoms. The third-order valence-electron chi connectivity index (χ3n) is 3.72. The summed E-state index contributed by atoms with van der Waals surface area (Å²) in [6.45, 7) is 0.890. The Morgan fingerprint density at radius 3 is 2.44 bits per heavy atom. The van der Waals surface area contributed by atoms with Gasteiger partial charge < -0.3 is 4.90 Å². The summed E-state index contributed by atoms with van der Waals surface area (Å²) < 4.78 is 0. The van der Waals surface area contributed by atoms with Crippen molar-refractivity contribution in [1.29, 1.82) is 0 Å². The minimum absolute atomic E-state index is 0.119. The van der Waals surface area contributed by atoms with Gasteiger partial charge in [-0.1, -0.05) is 19.3 Å². The molecule has 98 valence electrons. The summed E-state index contributed by atoms with van der Waals surface area (Å²) in [4.78, 5) is 15.0. The topological polar surface area (TPSA) is 20.3 Å². The van der Waals surface area contributed by atoms with Gasteiger partial charge in [-0.05, 0) is 43.0 Å². The van der Waals surface area contributed by atoms with Gasteiger partial charge in [0, 0.05) is 24.1 Å². The molecule has 1 aromatic rings. The predicted octanol–water partition coefficient (Wildman–Crippen LogP) is 3.63. The minimum atomic E-state index is 0.119. The third-order valence-corrected chi connectivity index (χ3v) is 4.02. The highest BCUT2D eigenvalue weighted by Gasteiger charge is 2.18. The predicted molar refractivity (Wildman–Crippen MR) is 77.2 cm³/mol. The lowest BCUT2D eigenvalue weighted by Gasteiger charge is -2.27. The molecule has 2 nitrogen and oxygen atoms in total. The van der Waals surface area contributed by atoms with E-state index in [1.165, 1.54) is 32.1 Å². The highest BCUT2D eigenvalue weighted by molar-refractivity contribution is 7.80. The molecule has 0 aliphatic heterocycles. The van der Waals surface area contributed by atoms with Crippen LogP contribution in [-0.4, -0.2) is 24.4 Å². The zero-order valence-electron chi connectivity index (χ0n) is 10.9. The normalized spacial score (nSPS) is 16.6. The van der Waals surface area contributed by atoms with Gasteiger partial charge in [-0.15, -0.1) is 12.6 Å². The minimum Gasteiger partial charge on any atom is -0.341 e. The number of carbonyl (C=O) groups is 1. The number of thiol groups is 1. The number of amides is 1. The smallest absolute Gasteiger partial charge is 0.253 e. The largest absolute Gasteiger partial charge is 0.341 e. The Balaban J connectivity index is 1.93. The zero-order chi connectivity index (χ0) is 13.0. The van der Waals surface area contributed by atoms with E-state index in [4.69, 9.17) is 0 Å². The first-order valence-corrected chi connectivity index (χ1v) is 7.16. The zero-order valence-corrected chi connectivity index (χ0v) is 11.8. The van der Waals surface area contributed by atoms with Crippen molar-refractivity contribution in [2.45, 2.75) is 37.0 Å². The molecule has 1 amide bonds. The van der Waals surface area contributed by atoms with Crippen molar-refractivity contribution >= 4 is 18.5 Å². The molecule has 0 N–H and O–H groups in total. The van der Waals surface area contributed by atoms with Gasteiger partial charge in [-0.25, -0.2) is 0 Å². The van der Waals surface area contributed by atoms with E-state index >= 15 is 0 Å². The van der Waals surface area contributed by atoms with Crippen molar-refractivity contribution in [3.05, 3.63) is 29.8 Å². The van der Waals surface area contributed by atoms with E-state index in [9.17, 15) is 4.79 Å². The average Bonchev–Trinajstić information content (AvgIpc) is 2.40. The molecule has 18 heavy (non-hydrogen) atoms. The van der Waals surface area contributed by atoms with E-state index in [1.807, 2.05) is 36.2 Å². The molecule has 0 spiro atoms. The summed E-state index contributed by atoms with van der Waals surface area (Å²) in [6, 6.07) is 7.43. The highest BCUT2D eigenvalue weighted by Crippen LogP contribution is 2.24. The lowest BCUT2D eigenvalue weighted by molar-refractivity contribution is 0.0760. The quantitative estimate of drug-likeness (QED) is 0.826. The van der Waals surface area contributed by atoms with Crippen LogP contribution in [0.1, 0.15) is 42.5 Å². The molecule has 0 saturated heterocycles. The van der Waals surface area contributed by atoms with Gasteiger partial charge in [0.2, 0.25) is 0 Å². The fourth-order valence-electron chi connectivity index (χ4n) is 2.66. The number of hydrogen-bond acceptors (Lipinski definition) is 2. The molecule has 0 bridgehead atoms. The Morgan fingerprint density at radius 2 is 1.83 bits per heavy atom. The van der Waals surface area contributed by atoms with Gasteiger partial charge >= 0.3 is 0 Å². The molecule has 0 radical (unpaired) electrons. The highest BCUT2D eigenvalue weighted by atomic mass is 32.1. The van der Waals surface area contributed by atoms with Crippen LogP contribution in [-0.2, 0) is 0 Å². The molecule has 2 rings (SSSR count). The molecule has 1 aromatic carbocycles. The lowest BCUT2D eigenvalue weighted by atomic mass is 9.89. The average molecular weight is 263 g/mol. The summed E-state index contributed by atoms with van der Waals surface area (Å²) in [5.74, 6) is 0.811. The Labute approximate surface area is 115 Å². The molecular weight excluding hydrogens is 242 g/mol. The summed E-state index contributed by atoms with van der Waals surface area (Å²) in [6.07, 6.45) is 6.54. The third kappa shape index (κ3) is 3.52. The SMILES string of the molecule is CN(CC1CCCCC1)C(=O)c1ccc(S)cc1. The summed E-state index contributed by atoms with van der Waals surface area (Å²) in [5.41, 5.74) is 0.756. The van der Waals surface area contributed by atoms with Gasteiger partial charge in [-0.2, -0.15) is 0 Å². The molecular formula is C15H21NOS. The van der Waals surface area contributed by atoms with Gasteiger partial charge in [-0.3, -0.25) is 4.79 Å². The fraction of sp³-hybridized carbons (Fsp3) is 0.533. The molecule has 0 unspecified atom stereocenters. The number of carbonyl (C=O) groups excluding carboxylic acids is 1. The van der Waals surface area contributed by atoms with Crippen molar-refractivity contribution in [1.82, 2.24) is 4.90 Å². The maximum atomic E-state index is 12.2. The van der Waals surface area contributed by atoms with Crippen molar-refractivity contribution in [3.63, 3.8) is 0 Å². The number of nitrogens with zero attached hydrogens (tertiary/aromatic N) is 1. The van der Waals surface area contributed by atoms with Gasteiger partial charge in [0.1, 0.15) is 0 Å². The van der Waals surface area contributed by atoms with E-state index < -0.39 is 0 Å². The van der Waals surface area contributed by atoms with Gasteiger partial charge in [0.15, 0.2) is 0 Å². The van der Waals surface area contributed by atoms with Crippen LogP contribution in [0.3, 0.4) is 0 Å². The summed E-state index contributed by atoms with van der Waals surface area (Å²) in [7, 11) is 1.91. The molecule has 0 heterocycles. The van der Waals surface area contributed by atoms with Crippen LogP contribution in [0.25, 0.3) is 0 Å². The first-order valence-electron chi connectivity index (χ1n) is 6.71. The Bertz CT molecular complexity index is 395. The van der Waals surface area contributed by atoms with Crippen LogP contribution in [0, 0.1) is 5.92 Å². The molecule has 1 fully saturated rings. The summed E-state index contributed by atoms with van der Waals surface area (Å²) in [5, 5.41) is 0. The van der Waals surface area contributed by atoms with Crippen molar-refractivity contribution in [3.8, 4) is 0 Å². The van der Waals surface area contributed by atoms with Crippen LogP contribution in [0.4, 0.5) is 0 Å². The van der Waals surface area contributed by atoms with Crippen LogP contribution in [0.2, 0.25) is 0 Å². The van der Waals surface area contributed by atoms with E-state index in [0.29, 0.717) is 5.92 Å². The van der Waals surface area contributed by atoms with Crippen LogP contribution < -0.4 is 0 Å². The second kappa shape index (κ2) is 6.28. The summed E-state index contributed by atoms with van der Waals surface area (Å²) >= 11 is 4.23. The Morgan fingerprint density at radius 1 is 1.22 bits per heavy atom. The fourth-order valence-corrected chi connectivity index (χ4v) is 2.81. The molecule has 1 aliphatic rings. The van der Waals surface area contributed by atoms with Crippen LogP contribution in [0.5, 0.6) is 0 Å². The Hall–Kier alpha value is -0.960. The van der Waals surface area contributed by atoms with E-state index in [-0.39, 0.29) is 5.91 Å². The first kappa shape index (κ1) is 13.5. The standard InChI is InChI=1S/C15H21NOS/c1-16(11-12-5-3-2-4-6-12)15(17)13-7-9-14(18)10-8-13/h7-10,12,18H,2-6,11H2,1H3. The van der Waals surface area contributed by atoms with Crippen molar-refractivity contribution in [2.75, 3.05) is 13.6 Å². The van der Waals surface area contributed by atoms with Crippen molar-refractivity contribution < 1.29 is 4.79 Å². The van der Waals surface area contributed by atoms with Gasteiger partial charge in [0.25, 0.3) is 5.91 Å². The monoisotopic (exact) mass is 263 g/mol. The molecule has 0 aromatic heterocycles. The van der Waals surface area contributed by atoms with Crippen LogP contribution in [0.15, 0.2) is 29.2 Å². The van der Waals surface area contributed by atoms with E-state index in [1.54, 1.807) is 0 Å². The van der Waals surface area contributed by atoms with Crippen LogP contribution >= 0.6 is 12.6 Å². The molecule has 0 atom stereocenters.